The zero-order valence-corrected chi connectivity index (χ0v) is 13.8. The zero-order valence-electron chi connectivity index (χ0n) is 13.0. The average Bonchev–Trinajstić information content (AvgIpc) is 3.29. The maximum atomic E-state index is 12.6. The zero-order chi connectivity index (χ0) is 15.3. The minimum absolute atomic E-state index is 0.145. The van der Waals surface area contributed by atoms with Gasteiger partial charge in [-0.25, -0.2) is 13.1 Å². The summed E-state index contributed by atoms with van der Waals surface area (Å²) in [6, 6.07) is 0.536. The molecule has 0 amide bonds. The molecule has 21 heavy (non-hydrogen) atoms. The third kappa shape index (κ3) is 3.33. The summed E-state index contributed by atoms with van der Waals surface area (Å²) in [5.41, 5.74) is 0.916. The summed E-state index contributed by atoms with van der Waals surface area (Å²) >= 11 is 0. The van der Waals surface area contributed by atoms with Gasteiger partial charge in [0.1, 0.15) is 16.4 Å². The van der Waals surface area contributed by atoms with E-state index in [1.807, 2.05) is 6.92 Å². The number of hydrogen-bond donors (Lipinski definition) is 2. The Bertz CT molecular complexity index is 640. The van der Waals surface area contributed by atoms with Crippen molar-refractivity contribution < 1.29 is 12.8 Å². The molecule has 0 unspecified atom stereocenters. The fraction of sp³-hybridized carbons (Fsp3) is 0.733. The molecule has 118 valence electrons. The second-order valence-electron chi connectivity index (χ2n) is 6.81. The van der Waals surface area contributed by atoms with Crippen LogP contribution in [0.25, 0.3) is 0 Å². The molecular weight excluding hydrogens is 288 g/mol. The predicted molar refractivity (Wildman–Crippen MR) is 80.6 cm³/mol. The highest BCUT2D eigenvalue weighted by Crippen LogP contribution is 2.44. The third-order valence-corrected chi connectivity index (χ3v) is 6.13. The van der Waals surface area contributed by atoms with E-state index in [0.29, 0.717) is 35.5 Å². The van der Waals surface area contributed by atoms with Gasteiger partial charge < -0.3 is 9.73 Å². The van der Waals surface area contributed by atoms with Crippen LogP contribution in [0.5, 0.6) is 0 Å². The summed E-state index contributed by atoms with van der Waals surface area (Å²) in [6.45, 7) is 6.73. The Morgan fingerprint density at radius 2 is 1.90 bits per heavy atom. The molecule has 5 nitrogen and oxygen atoms in total. The number of furan rings is 1. The van der Waals surface area contributed by atoms with Gasteiger partial charge in [-0.1, -0.05) is 6.92 Å². The summed E-state index contributed by atoms with van der Waals surface area (Å²) in [4.78, 5) is 0.331. The van der Waals surface area contributed by atoms with Gasteiger partial charge >= 0.3 is 0 Å². The number of hydrogen-bond acceptors (Lipinski definition) is 4. The summed E-state index contributed by atoms with van der Waals surface area (Å²) in [6.07, 6.45) is 4.53. The van der Waals surface area contributed by atoms with Crippen LogP contribution in [0.1, 0.15) is 49.7 Å². The van der Waals surface area contributed by atoms with Gasteiger partial charge in [0.05, 0.1) is 0 Å². The van der Waals surface area contributed by atoms with Gasteiger partial charge in [-0.05, 0) is 44.9 Å². The Balaban J connectivity index is 1.80. The Morgan fingerprint density at radius 1 is 1.24 bits per heavy atom. The first-order valence-corrected chi connectivity index (χ1v) is 9.11. The van der Waals surface area contributed by atoms with E-state index in [9.17, 15) is 8.42 Å². The monoisotopic (exact) mass is 312 g/mol. The fourth-order valence-corrected chi connectivity index (χ4v) is 4.17. The van der Waals surface area contributed by atoms with Gasteiger partial charge in [0.25, 0.3) is 0 Å². The van der Waals surface area contributed by atoms with Gasteiger partial charge in [0, 0.05) is 24.7 Å². The smallest absolute Gasteiger partial charge is 0.244 e. The highest BCUT2D eigenvalue weighted by Gasteiger charge is 2.39. The molecule has 0 saturated heterocycles. The van der Waals surface area contributed by atoms with Crippen molar-refractivity contribution in [3.8, 4) is 0 Å². The number of sulfonamides is 1. The van der Waals surface area contributed by atoms with Crippen LogP contribution in [0.3, 0.4) is 0 Å². The van der Waals surface area contributed by atoms with Crippen molar-refractivity contribution in [3.05, 3.63) is 17.1 Å². The lowest BCUT2D eigenvalue weighted by Crippen LogP contribution is -2.30. The van der Waals surface area contributed by atoms with Crippen molar-refractivity contribution >= 4 is 10.0 Å². The second-order valence-corrected chi connectivity index (χ2v) is 8.52. The molecule has 0 bridgehead atoms. The highest BCUT2D eigenvalue weighted by molar-refractivity contribution is 7.89. The summed E-state index contributed by atoms with van der Waals surface area (Å²) in [5.74, 6) is 1.17. The predicted octanol–water partition coefficient (Wildman–Crippen LogP) is 2.23. The fourth-order valence-electron chi connectivity index (χ4n) is 2.53. The van der Waals surface area contributed by atoms with Gasteiger partial charge in [0.15, 0.2) is 0 Å². The second kappa shape index (κ2) is 5.11. The van der Waals surface area contributed by atoms with Crippen LogP contribution < -0.4 is 10.0 Å². The molecule has 2 N–H and O–H groups in total. The van der Waals surface area contributed by atoms with Gasteiger partial charge in [-0.2, -0.15) is 0 Å². The van der Waals surface area contributed by atoms with E-state index in [0.717, 1.165) is 18.4 Å². The Morgan fingerprint density at radius 3 is 2.48 bits per heavy atom. The van der Waals surface area contributed by atoms with Crippen LogP contribution in [0.2, 0.25) is 0 Å². The number of aryl methyl sites for hydroxylation is 2. The third-order valence-electron chi connectivity index (χ3n) is 4.53. The lowest BCUT2D eigenvalue weighted by Gasteiger charge is -2.12. The van der Waals surface area contributed by atoms with E-state index in [1.54, 1.807) is 6.92 Å². The van der Waals surface area contributed by atoms with E-state index in [1.165, 1.54) is 12.8 Å². The molecular formula is C15H24N2O3S. The van der Waals surface area contributed by atoms with Crippen LogP contribution >= 0.6 is 0 Å². The minimum atomic E-state index is -3.51. The molecule has 6 heteroatoms. The lowest BCUT2D eigenvalue weighted by atomic mass is 10.2. The van der Waals surface area contributed by atoms with E-state index >= 15 is 0 Å². The molecule has 3 rings (SSSR count). The standard InChI is InChI=1S/C15H24N2O3S/c1-10-13(8-16-12-4-5-12)14(11(2)20-10)21(18,19)17-9-15(3)6-7-15/h12,16-17H,4-9H2,1-3H3. The first kappa shape index (κ1) is 15.1. The molecule has 2 aliphatic rings. The first-order valence-electron chi connectivity index (χ1n) is 7.63. The summed E-state index contributed by atoms with van der Waals surface area (Å²) in [5, 5.41) is 3.37. The topological polar surface area (TPSA) is 71.3 Å². The minimum Gasteiger partial charge on any atom is -0.465 e. The molecule has 2 aliphatic carbocycles. The van der Waals surface area contributed by atoms with E-state index < -0.39 is 10.0 Å². The Kier molecular flexibility index (Phi) is 3.66. The molecule has 1 aromatic rings. The maximum Gasteiger partial charge on any atom is 0.244 e. The first-order chi connectivity index (χ1) is 9.81. The molecule has 2 fully saturated rings. The average molecular weight is 312 g/mol. The van der Waals surface area contributed by atoms with Gasteiger partial charge in [-0.15, -0.1) is 0 Å². The normalized spacial score (nSPS) is 20.7. The van der Waals surface area contributed by atoms with Crippen LogP contribution in [0.15, 0.2) is 9.31 Å². The molecule has 0 spiro atoms. The van der Waals surface area contributed by atoms with Crippen molar-refractivity contribution in [1.29, 1.82) is 0 Å². The molecule has 0 radical (unpaired) electrons. The van der Waals surface area contributed by atoms with Crippen LogP contribution in [0.4, 0.5) is 0 Å². The van der Waals surface area contributed by atoms with Crippen LogP contribution in [0, 0.1) is 19.3 Å². The largest absolute Gasteiger partial charge is 0.465 e. The maximum absolute atomic E-state index is 12.6. The van der Waals surface area contributed by atoms with Crippen molar-refractivity contribution in [2.24, 2.45) is 5.41 Å². The molecule has 2 saturated carbocycles. The van der Waals surface area contributed by atoms with Crippen molar-refractivity contribution in [2.75, 3.05) is 6.54 Å². The van der Waals surface area contributed by atoms with E-state index in [4.69, 9.17) is 4.42 Å². The SMILES string of the molecule is Cc1oc(C)c(S(=O)(=O)NCC2(C)CC2)c1CNC1CC1. The van der Waals surface area contributed by atoms with Crippen molar-refractivity contribution in [1.82, 2.24) is 10.0 Å². The quantitative estimate of drug-likeness (QED) is 0.810. The molecule has 1 aromatic heterocycles. The molecule has 0 aromatic carbocycles. The van der Waals surface area contributed by atoms with Crippen LogP contribution in [-0.2, 0) is 16.6 Å². The Hall–Kier alpha value is -0.850. The Labute approximate surface area is 126 Å². The van der Waals surface area contributed by atoms with Crippen molar-refractivity contribution in [2.45, 2.75) is 63.9 Å². The summed E-state index contributed by atoms with van der Waals surface area (Å²) in [7, 11) is -3.51. The molecule has 0 aliphatic heterocycles. The highest BCUT2D eigenvalue weighted by atomic mass is 32.2. The van der Waals surface area contributed by atoms with E-state index in [-0.39, 0.29) is 5.41 Å². The molecule has 1 heterocycles. The van der Waals surface area contributed by atoms with Crippen LogP contribution in [-0.4, -0.2) is 21.0 Å². The summed E-state index contributed by atoms with van der Waals surface area (Å²) < 4.78 is 33.6. The lowest BCUT2D eigenvalue weighted by molar-refractivity contribution is 0.491. The van der Waals surface area contributed by atoms with Crippen molar-refractivity contribution in [3.63, 3.8) is 0 Å². The van der Waals surface area contributed by atoms with Gasteiger partial charge in [-0.3, -0.25) is 0 Å². The number of nitrogens with one attached hydrogen (secondary N) is 2. The van der Waals surface area contributed by atoms with E-state index in [2.05, 4.69) is 17.0 Å². The number of rotatable bonds is 7. The van der Waals surface area contributed by atoms with Gasteiger partial charge in [0.2, 0.25) is 10.0 Å². The molecule has 0 atom stereocenters.